The van der Waals surface area contributed by atoms with Gasteiger partial charge in [-0.15, -0.1) is 11.8 Å². The summed E-state index contributed by atoms with van der Waals surface area (Å²) in [6.45, 7) is 3.54. The predicted octanol–water partition coefficient (Wildman–Crippen LogP) is 5.51. The maximum Gasteiger partial charge on any atom is 0.260 e. The Balaban J connectivity index is 1.66. The number of para-hydroxylation sites is 1. The van der Waals surface area contributed by atoms with Crippen LogP contribution in [0.3, 0.4) is 0 Å². The fraction of sp³-hybridized carbons (Fsp3) is 0.261. The normalized spacial score (nSPS) is 11.1. The summed E-state index contributed by atoms with van der Waals surface area (Å²) < 4.78 is 3.15. The highest BCUT2D eigenvalue weighted by atomic mass is 32.2. The van der Waals surface area contributed by atoms with E-state index in [9.17, 15) is 4.79 Å². The molecule has 2 aromatic heterocycles. The number of hydrogen-bond donors (Lipinski definition) is 0. The maximum absolute atomic E-state index is 13.5. The first kappa shape index (κ1) is 20.6. The fourth-order valence-electron chi connectivity index (χ4n) is 3.42. The summed E-state index contributed by atoms with van der Waals surface area (Å²) in [7, 11) is 0. The number of rotatable bonds is 8. The molecule has 0 aliphatic carbocycles. The monoisotopic (exact) mass is 436 g/mol. The zero-order chi connectivity index (χ0) is 20.9. The van der Waals surface area contributed by atoms with Crippen molar-refractivity contribution in [2.24, 2.45) is 0 Å². The Labute approximate surface area is 184 Å². The number of carbonyl (C=O) groups excluding carboxylic acids is 1. The van der Waals surface area contributed by atoms with Gasteiger partial charge in [0.15, 0.2) is 5.13 Å². The second-order valence-electron chi connectivity index (χ2n) is 6.96. The van der Waals surface area contributed by atoms with Crippen molar-refractivity contribution in [3.63, 3.8) is 0 Å². The third-order valence-electron chi connectivity index (χ3n) is 5.02. The van der Waals surface area contributed by atoms with E-state index in [-0.39, 0.29) is 5.91 Å². The largest absolute Gasteiger partial charge is 0.337 e. The lowest BCUT2D eigenvalue weighted by Gasteiger charge is -2.20. The third-order valence-corrected chi connectivity index (χ3v) is 6.79. The van der Waals surface area contributed by atoms with E-state index in [4.69, 9.17) is 4.98 Å². The Hall–Kier alpha value is -2.64. The molecule has 1 amide bonds. The van der Waals surface area contributed by atoms with Crippen molar-refractivity contribution in [3.05, 3.63) is 72.3 Å². The SMILES string of the molecule is CCc1cccc2sc(N(CCCn3ccnc3)C(=O)c3cccc(SC)c3)nc12. The van der Waals surface area contributed by atoms with E-state index in [0.717, 1.165) is 39.6 Å². The molecule has 0 aliphatic heterocycles. The quantitative estimate of drug-likeness (QED) is 0.342. The highest BCUT2D eigenvalue weighted by Gasteiger charge is 2.22. The van der Waals surface area contributed by atoms with Crippen molar-refractivity contribution in [2.75, 3.05) is 17.7 Å². The summed E-state index contributed by atoms with van der Waals surface area (Å²) in [5.41, 5.74) is 2.91. The van der Waals surface area contributed by atoms with Gasteiger partial charge in [-0.1, -0.05) is 36.5 Å². The van der Waals surface area contributed by atoms with Crippen LogP contribution in [0.2, 0.25) is 0 Å². The number of thioether (sulfide) groups is 1. The molecule has 2 aromatic carbocycles. The second-order valence-corrected chi connectivity index (χ2v) is 8.85. The minimum absolute atomic E-state index is 0.00589. The average Bonchev–Trinajstić information content (AvgIpc) is 3.45. The van der Waals surface area contributed by atoms with Crippen molar-refractivity contribution >= 4 is 44.4 Å². The Morgan fingerprint density at radius 3 is 2.87 bits per heavy atom. The standard InChI is InChI=1S/C23H24N4OS2/c1-3-17-7-5-10-20-21(17)25-23(30-20)27(13-6-12-26-14-11-24-16-26)22(28)18-8-4-9-19(15-18)29-2/h4-5,7-11,14-16H,3,6,12-13H2,1-2H3. The van der Waals surface area contributed by atoms with E-state index < -0.39 is 0 Å². The first-order chi connectivity index (χ1) is 14.7. The smallest absolute Gasteiger partial charge is 0.260 e. The number of amides is 1. The number of thiazole rings is 1. The molecule has 5 nitrogen and oxygen atoms in total. The Morgan fingerprint density at radius 1 is 1.23 bits per heavy atom. The number of fused-ring (bicyclic) bond motifs is 1. The van der Waals surface area contributed by atoms with Crippen LogP contribution in [-0.2, 0) is 13.0 Å². The molecular weight excluding hydrogens is 412 g/mol. The molecule has 0 saturated carbocycles. The zero-order valence-corrected chi connectivity index (χ0v) is 18.7. The van der Waals surface area contributed by atoms with Crippen molar-refractivity contribution in [1.29, 1.82) is 0 Å². The van der Waals surface area contributed by atoms with Crippen LogP contribution >= 0.6 is 23.1 Å². The van der Waals surface area contributed by atoms with Crippen LogP contribution in [0.5, 0.6) is 0 Å². The van der Waals surface area contributed by atoms with E-state index in [1.807, 2.05) is 46.2 Å². The molecule has 4 rings (SSSR count). The molecule has 0 fully saturated rings. The van der Waals surface area contributed by atoms with Gasteiger partial charge < -0.3 is 4.57 Å². The predicted molar refractivity (Wildman–Crippen MR) is 126 cm³/mol. The molecule has 154 valence electrons. The van der Waals surface area contributed by atoms with E-state index in [0.29, 0.717) is 12.1 Å². The molecule has 4 aromatic rings. The van der Waals surface area contributed by atoms with Gasteiger partial charge in [-0.25, -0.2) is 9.97 Å². The first-order valence-electron chi connectivity index (χ1n) is 9.99. The third kappa shape index (κ3) is 4.42. The molecule has 0 unspecified atom stereocenters. The number of aromatic nitrogens is 3. The van der Waals surface area contributed by atoms with Crippen LogP contribution in [0.1, 0.15) is 29.3 Å². The summed E-state index contributed by atoms with van der Waals surface area (Å²) in [5, 5.41) is 0.760. The average molecular weight is 437 g/mol. The highest BCUT2D eigenvalue weighted by molar-refractivity contribution is 7.98. The molecule has 0 N–H and O–H groups in total. The number of carbonyl (C=O) groups is 1. The van der Waals surface area contributed by atoms with Crippen LogP contribution in [0, 0.1) is 0 Å². The summed E-state index contributed by atoms with van der Waals surface area (Å²) in [6.07, 6.45) is 9.29. The van der Waals surface area contributed by atoms with Crippen LogP contribution in [0.15, 0.2) is 66.1 Å². The molecule has 0 saturated heterocycles. The molecule has 0 atom stereocenters. The molecular formula is C23H24N4OS2. The number of aryl methyl sites for hydroxylation is 2. The summed E-state index contributed by atoms with van der Waals surface area (Å²) in [4.78, 5) is 25.4. The zero-order valence-electron chi connectivity index (χ0n) is 17.1. The highest BCUT2D eigenvalue weighted by Crippen LogP contribution is 2.32. The summed E-state index contributed by atoms with van der Waals surface area (Å²) >= 11 is 3.22. The van der Waals surface area contributed by atoms with Gasteiger partial charge in [-0.3, -0.25) is 9.69 Å². The number of hydrogen-bond acceptors (Lipinski definition) is 5. The first-order valence-corrected chi connectivity index (χ1v) is 12.0. The van der Waals surface area contributed by atoms with Crippen molar-refractivity contribution in [1.82, 2.24) is 14.5 Å². The van der Waals surface area contributed by atoms with Gasteiger partial charge in [0.1, 0.15) is 0 Å². The molecule has 0 spiro atoms. The minimum atomic E-state index is -0.00589. The van der Waals surface area contributed by atoms with Crippen LogP contribution in [-0.4, -0.2) is 33.2 Å². The van der Waals surface area contributed by atoms with E-state index in [1.54, 1.807) is 35.6 Å². The molecule has 30 heavy (non-hydrogen) atoms. The Morgan fingerprint density at radius 2 is 2.10 bits per heavy atom. The number of imidazole rings is 1. The van der Waals surface area contributed by atoms with Gasteiger partial charge in [0.25, 0.3) is 5.91 Å². The number of benzene rings is 2. The van der Waals surface area contributed by atoms with Crippen LogP contribution < -0.4 is 4.90 Å². The van der Waals surface area contributed by atoms with Gasteiger partial charge in [0, 0.05) is 35.9 Å². The van der Waals surface area contributed by atoms with Gasteiger partial charge in [-0.05, 0) is 48.9 Å². The van der Waals surface area contributed by atoms with Crippen molar-refractivity contribution in [2.45, 2.75) is 31.2 Å². The van der Waals surface area contributed by atoms with Crippen molar-refractivity contribution < 1.29 is 4.79 Å². The van der Waals surface area contributed by atoms with Gasteiger partial charge in [-0.2, -0.15) is 0 Å². The summed E-state index contributed by atoms with van der Waals surface area (Å²) in [5.74, 6) is -0.00589. The van der Waals surface area contributed by atoms with Crippen LogP contribution in [0.4, 0.5) is 5.13 Å². The summed E-state index contributed by atoms with van der Waals surface area (Å²) in [6, 6.07) is 14.1. The fourth-order valence-corrected chi connectivity index (χ4v) is 4.92. The van der Waals surface area contributed by atoms with Gasteiger partial charge in [0.05, 0.1) is 16.5 Å². The molecule has 0 radical (unpaired) electrons. The number of anilines is 1. The number of nitrogens with zero attached hydrogens (tertiary/aromatic N) is 4. The van der Waals surface area contributed by atoms with Crippen molar-refractivity contribution in [3.8, 4) is 0 Å². The topological polar surface area (TPSA) is 51.0 Å². The lowest BCUT2D eigenvalue weighted by molar-refractivity contribution is 0.0986. The maximum atomic E-state index is 13.5. The molecule has 7 heteroatoms. The molecule has 0 aliphatic rings. The molecule has 0 bridgehead atoms. The molecule has 2 heterocycles. The van der Waals surface area contributed by atoms with E-state index in [2.05, 4.69) is 30.1 Å². The van der Waals surface area contributed by atoms with Gasteiger partial charge in [0.2, 0.25) is 0 Å². The lowest BCUT2D eigenvalue weighted by Crippen LogP contribution is -2.32. The van der Waals surface area contributed by atoms with Crippen LogP contribution in [0.25, 0.3) is 10.2 Å². The lowest BCUT2D eigenvalue weighted by atomic mass is 10.1. The Kier molecular flexibility index (Phi) is 6.50. The Bertz CT molecular complexity index is 1140. The van der Waals surface area contributed by atoms with E-state index in [1.165, 1.54) is 5.56 Å². The minimum Gasteiger partial charge on any atom is -0.337 e. The van der Waals surface area contributed by atoms with Gasteiger partial charge >= 0.3 is 0 Å². The van der Waals surface area contributed by atoms with E-state index >= 15 is 0 Å². The second kappa shape index (κ2) is 9.45.